The Bertz CT molecular complexity index is 947. The molecule has 0 radical (unpaired) electrons. The van der Waals surface area contributed by atoms with E-state index in [-0.39, 0.29) is 10.8 Å². The molecule has 27 heavy (non-hydrogen) atoms. The number of sulfonamides is 1. The quantitative estimate of drug-likeness (QED) is 0.814. The maximum Gasteiger partial charge on any atom is 0.258 e. The summed E-state index contributed by atoms with van der Waals surface area (Å²) in [7, 11) is -3.56. The van der Waals surface area contributed by atoms with Crippen molar-refractivity contribution >= 4 is 21.6 Å². The van der Waals surface area contributed by atoms with Crippen molar-refractivity contribution in [3.63, 3.8) is 0 Å². The van der Waals surface area contributed by atoms with Gasteiger partial charge in [0.05, 0.1) is 4.90 Å². The number of carbonyl (C=O) groups excluding carboxylic acids is 1. The van der Waals surface area contributed by atoms with Gasteiger partial charge >= 0.3 is 0 Å². The number of carbonyl (C=O) groups is 1. The van der Waals surface area contributed by atoms with Gasteiger partial charge in [-0.25, -0.2) is 8.42 Å². The highest BCUT2D eigenvalue weighted by molar-refractivity contribution is 7.89. The number of rotatable bonds is 3. The third-order valence-corrected chi connectivity index (χ3v) is 7.31. The van der Waals surface area contributed by atoms with Crippen LogP contribution in [-0.4, -0.2) is 38.3 Å². The Balaban J connectivity index is 1.62. The molecule has 1 saturated heterocycles. The molecule has 1 fully saturated rings. The Morgan fingerprint density at radius 3 is 2.37 bits per heavy atom. The molecule has 0 bridgehead atoms. The van der Waals surface area contributed by atoms with E-state index in [9.17, 15) is 13.2 Å². The smallest absolute Gasteiger partial charge is 0.258 e. The average molecular weight is 385 g/mol. The second-order valence-electron chi connectivity index (χ2n) is 7.18. The Hall–Kier alpha value is -2.18. The monoisotopic (exact) mass is 384 g/mol. The van der Waals surface area contributed by atoms with Crippen LogP contribution in [0.2, 0.25) is 0 Å². The number of para-hydroxylation sites is 1. The van der Waals surface area contributed by atoms with Crippen LogP contribution in [-0.2, 0) is 16.4 Å². The zero-order valence-corrected chi connectivity index (χ0v) is 16.1. The highest BCUT2D eigenvalue weighted by Crippen LogP contribution is 2.29. The van der Waals surface area contributed by atoms with Crippen molar-refractivity contribution in [3.05, 3.63) is 59.7 Å². The van der Waals surface area contributed by atoms with E-state index in [1.165, 1.54) is 6.07 Å². The minimum absolute atomic E-state index is 0.145. The molecule has 6 heteroatoms. The number of fused-ring (bicyclic) bond motifs is 1. The fourth-order valence-electron chi connectivity index (χ4n) is 3.93. The lowest BCUT2D eigenvalue weighted by Gasteiger charge is -2.21. The molecule has 2 aromatic carbocycles. The number of amides is 1. The summed E-state index contributed by atoms with van der Waals surface area (Å²) in [6, 6.07) is 14.4. The van der Waals surface area contributed by atoms with Gasteiger partial charge in [-0.2, -0.15) is 4.31 Å². The van der Waals surface area contributed by atoms with Crippen molar-refractivity contribution in [1.29, 1.82) is 0 Å². The van der Waals surface area contributed by atoms with E-state index in [0.29, 0.717) is 25.2 Å². The van der Waals surface area contributed by atoms with Gasteiger partial charge < -0.3 is 4.90 Å². The molecule has 0 unspecified atom stereocenters. The van der Waals surface area contributed by atoms with E-state index in [0.717, 1.165) is 43.4 Å². The highest BCUT2D eigenvalue weighted by atomic mass is 32.2. The number of benzene rings is 2. The van der Waals surface area contributed by atoms with Gasteiger partial charge in [0.1, 0.15) is 0 Å². The van der Waals surface area contributed by atoms with E-state index < -0.39 is 10.0 Å². The lowest BCUT2D eigenvalue weighted by Crippen LogP contribution is -2.32. The van der Waals surface area contributed by atoms with Crippen molar-refractivity contribution in [2.45, 2.75) is 37.0 Å². The van der Waals surface area contributed by atoms with E-state index >= 15 is 0 Å². The van der Waals surface area contributed by atoms with Crippen molar-refractivity contribution in [2.24, 2.45) is 0 Å². The number of anilines is 1. The summed E-state index contributed by atoms with van der Waals surface area (Å²) in [5.74, 6) is -0.145. The molecule has 0 spiro atoms. The third-order valence-electron chi connectivity index (χ3n) is 5.42. The molecule has 2 aromatic rings. The molecule has 2 aliphatic rings. The maximum absolute atomic E-state index is 13.0. The minimum atomic E-state index is -3.56. The van der Waals surface area contributed by atoms with Crippen LogP contribution in [0.5, 0.6) is 0 Å². The topological polar surface area (TPSA) is 57.7 Å². The molecule has 5 nitrogen and oxygen atoms in total. The summed E-state index contributed by atoms with van der Waals surface area (Å²) in [6.45, 7) is 1.74. The van der Waals surface area contributed by atoms with Gasteiger partial charge in [0, 0.05) is 30.9 Å². The first-order valence-corrected chi connectivity index (χ1v) is 11.0. The standard InChI is InChI=1S/C21H24N2O3S/c24-21(23-15-12-17-8-3-4-11-20(17)23)18-9-7-10-19(16-18)27(25,26)22-13-5-1-2-6-14-22/h3-4,7-11,16H,1-2,5-6,12-15H2. The fraction of sp³-hybridized carbons (Fsp3) is 0.381. The molecule has 0 aliphatic carbocycles. The normalized spacial score (nSPS) is 18.1. The average Bonchev–Trinajstić information content (AvgIpc) is 2.92. The van der Waals surface area contributed by atoms with Gasteiger partial charge in [0.2, 0.25) is 10.0 Å². The van der Waals surface area contributed by atoms with Gasteiger partial charge in [-0.1, -0.05) is 37.1 Å². The first-order valence-electron chi connectivity index (χ1n) is 9.57. The fourth-order valence-corrected chi connectivity index (χ4v) is 5.49. The first-order chi connectivity index (χ1) is 13.1. The van der Waals surface area contributed by atoms with Gasteiger partial charge in [0.25, 0.3) is 5.91 Å². The summed E-state index contributed by atoms with van der Waals surface area (Å²) in [5, 5.41) is 0. The van der Waals surface area contributed by atoms with Crippen LogP contribution in [0.15, 0.2) is 53.4 Å². The summed E-state index contributed by atoms with van der Waals surface area (Å²) < 4.78 is 27.6. The lowest BCUT2D eigenvalue weighted by molar-refractivity contribution is 0.0989. The van der Waals surface area contributed by atoms with Crippen LogP contribution in [0.3, 0.4) is 0 Å². The van der Waals surface area contributed by atoms with Crippen LogP contribution < -0.4 is 4.90 Å². The molecule has 1 amide bonds. The Morgan fingerprint density at radius 1 is 0.852 bits per heavy atom. The van der Waals surface area contributed by atoms with E-state index in [2.05, 4.69) is 0 Å². The Morgan fingerprint density at radius 2 is 1.59 bits per heavy atom. The van der Waals surface area contributed by atoms with Crippen molar-refractivity contribution in [3.8, 4) is 0 Å². The van der Waals surface area contributed by atoms with E-state index in [1.807, 2.05) is 24.3 Å². The summed E-state index contributed by atoms with van der Waals surface area (Å²) in [4.78, 5) is 15.0. The molecular weight excluding hydrogens is 360 g/mol. The second-order valence-corrected chi connectivity index (χ2v) is 9.12. The van der Waals surface area contributed by atoms with E-state index in [4.69, 9.17) is 0 Å². The number of hydrogen-bond acceptors (Lipinski definition) is 3. The summed E-state index contributed by atoms with van der Waals surface area (Å²) >= 11 is 0. The summed E-state index contributed by atoms with van der Waals surface area (Å²) in [5.41, 5.74) is 2.49. The molecule has 0 atom stereocenters. The van der Waals surface area contributed by atoms with Crippen molar-refractivity contribution < 1.29 is 13.2 Å². The molecule has 0 saturated carbocycles. The van der Waals surface area contributed by atoms with Crippen LogP contribution in [0.25, 0.3) is 0 Å². The minimum Gasteiger partial charge on any atom is -0.308 e. The maximum atomic E-state index is 13.0. The molecule has 2 heterocycles. The number of hydrogen-bond donors (Lipinski definition) is 0. The second kappa shape index (κ2) is 7.44. The van der Waals surface area contributed by atoms with Gasteiger partial charge in [0.15, 0.2) is 0 Å². The SMILES string of the molecule is O=C(c1cccc(S(=O)(=O)N2CCCCCC2)c1)N1CCc2ccccc21. The molecular formula is C21H24N2O3S. The zero-order chi connectivity index (χ0) is 18.9. The molecule has 4 rings (SSSR count). The van der Waals surface area contributed by atoms with Crippen LogP contribution in [0, 0.1) is 0 Å². The Labute approximate surface area is 160 Å². The van der Waals surface area contributed by atoms with Crippen molar-refractivity contribution in [1.82, 2.24) is 4.31 Å². The largest absolute Gasteiger partial charge is 0.308 e. The predicted octanol–water partition coefficient (Wildman–Crippen LogP) is 3.45. The molecule has 0 N–H and O–H groups in total. The van der Waals surface area contributed by atoms with Gasteiger partial charge in [-0.05, 0) is 49.1 Å². The van der Waals surface area contributed by atoms with Crippen LogP contribution >= 0.6 is 0 Å². The van der Waals surface area contributed by atoms with Crippen LogP contribution in [0.4, 0.5) is 5.69 Å². The highest BCUT2D eigenvalue weighted by Gasteiger charge is 2.28. The molecule has 0 aromatic heterocycles. The van der Waals surface area contributed by atoms with E-state index in [1.54, 1.807) is 27.4 Å². The van der Waals surface area contributed by atoms with Crippen LogP contribution in [0.1, 0.15) is 41.6 Å². The van der Waals surface area contributed by atoms with Gasteiger partial charge in [-0.15, -0.1) is 0 Å². The predicted molar refractivity (Wildman–Crippen MR) is 105 cm³/mol. The Kier molecular flexibility index (Phi) is 5.02. The lowest BCUT2D eigenvalue weighted by atomic mass is 10.1. The van der Waals surface area contributed by atoms with Crippen molar-refractivity contribution in [2.75, 3.05) is 24.5 Å². The molecule has 142 valence electrons. The summed E-state index contributed by atoms with van der Waals surface area (Å²) in [6.07, 6.45) is 4.75. The molecule has 2 aliphatic heterocycles. The first kappa shape index (κ1) is 18.2. The third kappa shape index (κ3) is 3.51. The zero-order valence-electron chi connectivity index (χ0n) is 15.3. The number of nitrogens with zero attached hydrogens (tertiary/aromatic N) is 2. The van der Waals surface area contributed by atoms with Gasteiger partial charge in [-0.3, -0.25) is 4.79 Å².